The van der Waals surface area contributed by atoms with Crippen LogP contribution in [0, 0.1) is 19.3 Å². The van der Waals surface area contributed by atoms with Crippen molar-refractivity contribution in [3.8, 4) is 23.8 Å². The fraction of sp³-hybridized carbons (Fsp3) is 0.182. The molecule has 0 unspecified atom stereocenters. The summed E-state index contributed by atoms with van der Waals surface area (Å²) in [6.07, 6.45) is 6.85. The lowest BCUT2D eigenvalue weighted by atomic mass is 10.2. The van der Waals surface area contributed by atoms with Gasteiger partial charge in [-0.3, -0.25) is 14.5 Å². The molecule has 2 aromatic rings. The highest BCUT2D eigenvalue weighted by atomic mass is 32.2. The normalized spacial score (nSPS) is 15.0. The van der Waals surface area contributed by atoms with Gasteiger partial charge in [0.25, 0.3) is 11.1 Å². The molecule has 2 aromatic carbocycles. The monoisotopic (exact) mass is 393 g/mol. The Kier molecular flexibility index (Phi) is 6.41. The largest absolute Gasteiger partial charge is 0.492 e. The van der Waals surface area contributed by atoms with E-state index in [1.54, 1.807) is 30.3 Å². The Balaban J connectivity index is 1.58. The molecule has 1 aliphatic rings. The van der Waals surface area contributed by atoms with E-state index in [0.29, 0.717) is 16.4 Å². The highest BCUT2D eigenvalue weighted by molar-refractivity contribution is 8.18. The van der Waals surface area contributed by atoms with Crippen LogP contribution in [0.25, 0.3) is 6.08 Å². The molecule has 0 N–H and O–H groups in total. The first-order valence-corrected chi connectivity index (χ1v) is 9.49. The van der Waals surface area contributed by atoms with Gasteiger partial charge in [-0.1, -0.05) is 35.7 Å². The number of benzene rings is 2. The van der Waals surface area contributed by atoms with Gasteiger partial charge < -0.3 is 9.47 Å². The molecule has 3 rings (SSSR count). The summed E-state index contributed by atoms with van der Waals surface area (Å²) in [6.45, 7) is 2.64. The highest BCUT2D eigenvalue weighted by Gasteiger charge is 2.34. The van der Waals surface area contributed by atoms with Crippen molar-refractivity contribution in [1.29, 1.82) is 0 Å². The zero-order valence-electron chi connectivity index (χ0n) is 15.4. The number of rotatable bonds is 7. The third kappa shape index (κ3) is 4.96. The number of carbonyl (C=O) groups is 2. The van der Waals surface area contributed by atoms with E-state index in [2.05, 4.69) is 5.92 Å². The summed E-state index contributed by atoms with van der Waals surface area (Å²) in [6, 6.07) is 14.8. The first-order valence-electron chi connectivity index (χ1n) is 8.68. The van der Waals surface area contributed by atoms with Gasteiger partial charge in [-0.15, -0.1) is 6.42 Å². The van der Waals surface area contributed by atoms with Crippen molar-refractivity contribution in [2.24, 2.45) is 0 Å². The zero-order valence-corrected chi connectivity index (χ0v) is 16.2. The minimum Gasteiger partial charge on any atom is -0.492 e. The van der Waals surface area contributed by atoms with Crippen molar-refractivity contribution in [2.75, 3.05) is 19.8 Å². The van der Waals surface area contributed by atoms with Gasteiger partial charge >= 0.3 is 0 Å². The van der Waals surface area contributed by atoms with Crippen molar-refractivity contribution >= 4 is 29.0 Å². The van der Waals surface area contributed by atoms with Crippen molar-refractivity contribution in [3.63, 3.8) is 0 Å². The summed E-state index contributed by atoms with van der Waals surface area (Å²) in [5.74, 6) is 3.45. The maximum Gasteiger partial charge on any atom is 0.293 e. The van der Waals surface area contributed by atoms with Crippen LogP contribution in [0.2, 0.25) is 0 Å². The molecular weight excluding hydrogens is 374 g/mol. The maximum absolute atomic E-state index is 12.5. The molecule has 28 heavy (non-hydrogen) atoms. The summed E-state index contributed by atoms with van der Waals surface area (Å²) in [7, 11) is 0. The molecule has 0 atom stereocenters. The Morgan fingerprint density at radius 1 is 1.04 bits per heavy atom. The maximum atomic E-state index is 12.5. The molecule has 1 aliphatic heterocycles. The Hall–Kier alpha value is -3.17. The fourth-order valence-corrected chi connectivity index (χ4v) is 3.38. The predicted octanol–water partition coefficient (Wildman–Crippen LogP) is 4.12. The first-order chi connectivity index (χ1) is 13.6. The van der Waals surface area contributed by atoms with Gasteiger partial charge in [0.1, 0.15) is 24.7 Å². The van der Waals surface area contributed by atoms with Crippen LogP contribution in [0.1, 0.15) is 11.1 Å². The van der Waals surface area contributed by atoms with Crippen LogP contribution in [0.15, 0.2) is 53.4 Å². The molecular formula is C22H19NO4S. The minimum atomic E-state index is -0.310. The predicted molar refractivity (Wildman–Crippen MR) is 110 cm³/mol. The molecule has 0 aliphatic carbocycles. The molecule has 0 aromatic heterocycles. The average molecular weight is 393 g/mol. The number of hydrogen-bond acceptors (Lipinski definition) is 5. The number of ether oxygens (including phenoxy) is 2. The molecule has 1 saturated heterocycles. The average Bonchev–Trinajstić information content (AvgIpc) is 2.96. The molecule has 2 amide bonds. The van der Waals surface area contributed by atoms with E-state index < -0.39 is 0 Å². The molecule has 0 spiro atoms. The van der Waals surface area contributed by atoms with E-state index in [9.17, 15) is 9.59 Å². The lowest BCUT2D eigenvalue weighted by molar-refractivity contribution is -0.123. The van der Waals surface area contributed by atoms with Crippen LogP contribution in [0.5, 0.6) is 11.5 Å². The molecule has 0 radical (unpaired) electrons. The van der Waals surface area contributed by atoms with E-state index in [0.717, 1.165) is 22.9 Å². The molecule has 0 bridgehead atoms. The highest BCUT2D eigenvalue weighted by Crippen LogP contribution is 2.32. The number of hydrogen-bond donors (Lipinski definition) is 0. The van der Waals surface area contributed by atoms with Gasteiger partial charge in [0.15, 0.2) is 0 Å². The van der Waals surface area contributed by atoms with E-state index in [4.69, 9.17) is 15.9 Å². The Morgan fingerprint density at radius 3 is 2.36 bits per heavy atom. The minimum absolute atomic E-state index is 0.197. The second kappa shape index (κ2) is 9.16. The van der Waals surface area contributed by atoms with Crippen molar-refractivity contribution in [2.45, 2.75) is 6.92 Å². The molecule has 5 nitrogen and oxygen atoms in total. The number of terminal acetylenes is 1. The second-order valence-corrected chi connectivity index (χ2v) is 7.05. The van der Waals surface area contributed by atoms with Crippen molar-refractivity contribution < 1.29 is 19.1 Å². The van der Waals surface area contributed by atoms with E-state index in [-0.39, 0.29) is 30.9 Å². The second-order valence-electron chi connectivity index (χ2n) is 6.06. The SMILES string of the molecule is C#CCOc1ccc(/C=C2\SC(=O)N(CCOc3ccc(C)cc3)C2=O)cc1. The quantitative estimate of drug-likeness (QED) is 0.523. The Labute approximate surface area is 168 Å². The number of imide groups is 1. The van der Waals surface area contributed by atoms with Gasteiger partial charge in [0, 0.05) is 0 Å². The number of thioether (sulfide) groups is 1. The van der Waals surface area contributed by atoms with E-state index in [1.807, 2.05) is 31.2 Å². The van der Waals surface area contributed by atoms with E-state index >= 15 is 0 Å². The van der Waals surface area contributed by atoms with Crippen LogP contribution < -0.4 is 9.47 Å². The zero-order chi connectivity index (χ0) is 19.9. The van der Waals surface area contributed by atoms with Gasteiger partial charge in [0.2, 0.25) is 0 Å². The summed E-state index contributed by atoms with van der Waals surface area (Å²) in [5.41, 5.74) is 1.94. The van der Waals surface area contributed by atoms with Gasteiger partial charge in [-0.2, -0.15) is 0 Å². The third-order valence-electron chi connectivity index (χ3n) is 3.98. The summed E-state index contributed by atoms with van der Waals surface area (Å²) >= 11 is 0.928. The number of carbonyl (C=O) groups excluding carboxylic acids is 2. The molecule has 6 heteroatoms. The van der Waals surface area contributed by atoms with Gasteiger partial charge in [-0.25, -0.2) is 0 Å². The Morgan fingerprint density at radius 2 is 1.68 bits per heavy atom. The molecule has 142 valence electrons. The van der Waals surface area contributed by atoms with Crippen molar-refractivity contribution in [3.05, 3.63) is 64.6 Å². The number of nitrogens with zero attached hydrogens (tertiary/aromatic N) is 1. The van der Waals surface area contributed by atoms with Gasteiger partial charge in [0.05, 0.1) is 11.4 Å². The van der Waals surface area contributed by atoms with Crippen LogP contribution in [0.3, 0.4) is 0 Å². The lowest BCUT2D eigenvalue weighted by Gasteiger charge is -2.13. The van der Waals surface area contributed by atoms with Crippen LogP contribution >= 0.6 is 11.8 Å². The molecule has 1 heterocycles. The van der Waals surface area contributed by atoms with E-state index in [1.165, 1.54) is 4.90 Å². The fourth-order valence-electron chi connectivity index (χ4n) is 2.52. The van der Waals surface area contributed by atoms with Gasteiger partial charge in [-0.05, 0) is 54.6 Å². The number of amides is 2. The summed E-state index contributed by atoms with van der Waals surface area (Å²) < 4.78 is 10.9. The lowest BCUT2D eigenvalue weighted by Crippen LogP contribution is -2.32. The topological polar surface area (TPSA) is 55.8 Å². The standard InChI is InChI=1S/C22H19NO4S/c1-3-13-26-19-10-6-17(7-11-19)15-20-21(24)23(22(25)28-20)12-14-27-18-8-4-16(2)5-9-18/h1,4-11,15H,12-14H2,2H3/b20-15-. The molecule has 1 fully saturated rings. The smallest absolute Gasteiger partial charge is 0.293 e. The number of aryl methyl sites for hydroxylation is 1. The van der Waals surface area contributed by atoms with Crippen LogP contribution in [-0.4, -0.2) is 35.8 Å². The summed E-state index contributed by atoms with van der Waals surface area (Å²) in [5, 5.41) is -0.294. The third-order valence-corrected chi connectivity index (χ3v) is 4.89. The summed E-state index contributed by atoms with van der Waals surface area (Å²) in [4.78, 5) is 26.3. The molecule has 0 saturated carbocycles. The first kappa shape index (κ1) is 19.6. The van der Waals surface area contributed by atoms with Crippen molar-refractivity contribution in [1.82, 2.24) is 4.90 Å². The van der Waals surface area contributed by atoms with Crippen LogP contribution in [-0.2, 0) is 4.79 Å². The van der Waals surface area contributed by atoms with Crippen LogP contribution in [0.4, 0.5) is 4.79 Å². The Bertz CT molecular complexity index is 927.